The summed E-state index contributed by atoms with van der Waals surface area (Å²) < 4.78 is 0. The standard InChI is InChI=1S/C18H22N2O/c1-19(15-5-3-2-4-6-15)16-11-13-20(14-12-16)17-7-9-18(21)10-8-17/h2-10,16,21H,11-14H2,1H3. The topological polar surface area (TPSA) is 26.7 Å². The molecule has 1 fully saturated rings. The molecule has 1 aliphatic heterocycles. The quantitative estimate of drug-likeness (QED) is 0.933. The van der Waals surface area contributed by atoms with Crippen molar-refractivity contribution in [2.45, 2.75) is 18.9 Å². The molecular formula is C18H22N2O. The molecule has 2 aromatic rings. The fourth-order valence-corrected chi connectivity index (χ4v) is 3.05. The predicted molar refractivity (Wildman–Crippen MR) is 88.2 cm³/mol. The molecule has 0 bridgehead atoms. The molecule has 3 rings (SSSR count). The van der Waals surface area contributed by atoms with Crippen molar-refractivity contribution < 1.29 is 5.11 Å². The zero-order valence-electron chi connectivity index (χ0n) is 12.4. The normalized spacial score (nSPS) is 16.0. The van der Waals surface area contributed by atoms with Gasteiger partial charge in [0, 0.05) is 37.6 Å². The Morgan fingerprint density at radius 2 is 1.57 bits per heavy atom. The number of benzene rings is 2. The van der Waals surface area contributed by atoms with Crippen molar-refractivity contribution in [3.05, 3.63) is 54.6 Å². The van der Waals surface area contributed by atoms with Crippen LogP contribution in [0.4, 0.5) is 11.4 Å². The molecule has 0 aromatic heterocycles. The van der Waals surface area contributed by atoms with Crippen LogP contribution in [-0.2, 0) is 0 Å². The van der Waals surface area contributed by atoms with Gasteiger partial charge < -0.3 is 14.9 Å². The van der Waals surface area contributed by atoms with E-state index in [9.17, 15) is 5.11 Å². The lowest BCUT2D eigenvalue weighted by atomic mass is 10.0. The van der Waals surface area contributed by atoms with Crippen LogP contribution in [0.1, 0.15) is 12.8 Å². The van der Waals surface area contributed by atoms with Gasteiger partial charge in [-0.25, -0.2) is 0 Å². The van der Waals surface area contributed by atoms with Crippen molar-refractivity contribution in [3.8, 4) is 5.75 Å². The van der Waals surface area contributed by atoms with Crippen LogP contribution in [0.15, 0.2) is 54.6 Å². The Hall–Kier alpha value is -2.16. The van der Waals surface area contributed by atoms with E-state index in [1.165, 1.54) is 11.4 Å². The molecule has 0 amide bonds. The van der Waals surface area contributed by atoms with E-state index in [1.807, 2.05) is 12.1 Å². The van der Waals surface area contributed by atoms with E-state index in [1.54, 1.807) is 12.1 Å². The molecule has 2 aromatic carbocycles. The molecule has 0 spiro atoms. The van der Waals surface area contributed by atoms with E-state index in [0.29, 0.717) is 11.8 Å². The van der Waals surface area contributed by atoms with Crippen molar-refractivity contribution in [1.29, 1.82) is 0 Å². The molecule has 1 N–H and O–H groups in total. The Bertz CT molecular complexity index is 560. The third-order valence-corrected chi connectivity index (χ3v) is 4.39. The summed E-state index contributed by atoms with van der Waals surface area (Å²) in [5.41, 5.74) is 2.49. The molecule has 1 heterocycles. The minimum Gasteiger partial charge on any atom is -0.508 e. The molecule has 0 unspecified atom stereocenters. The molecule has 21 heavy (non-hydrogen) atoms. The Labute approximate surface area is 126 Å². The number of phenols is 1. The Morgan fingerprint density at radius 3 is 2.19 bits per heavy atom. The smallest absolute Gasteiger partial charge is 0.115 e. The van der Waals surface area contributed by atoms with Gasteiger partial charge >= 0.3 is 0 Å². The van der Waals surface area contributed by atoms with Crippen LogP contribution >= 0.6 is 0 Å². The van der Waals surface area contributed by atoms with Crippen molar-refractivity contribution in [2.24, 2.45) is 0 Å². The number of aromatic hydroxyl groups is 1. The number of phenolic OH excluding ortho intramolecular Hbond substituents is 1. The monoisotopic (exact) mass is 282 g/mol. The van der Waals surface area contributed by atoms with Gasteiger partial charge in [0.15, 0.2) is 0 Å². The van der Waals surface area contributed by atoms with E-state index in [0.717, 1.165) is 25.9 Å². The number of hydrogen-bond acceptors (Lipinski definition) is 3. The number of piperidine rings is 1. The zero-order valence-corrected chi connectivity index (χ0v) is 12.4. The summed E-state index contributed by atoms with van der Waals surface area (Å²) in [5, 5.41) is 9.37. The SMILES string of the molecule is CN(c1ccccc1)C1CCN(c2ccc(O)cc2)CC1. The van der Waals surface area contributed by atoms with Gasteiger partial charge in [0.25, 0.3) is 0 Å². The fourth-order valence-electron chi connectivity index (χ4n) is 3.05. The van der Waals surface area contributed by atoms with Gasteiger partial charge in [-0.2, -0.15) is 0 Å². The average Bonchev–Trinajstić information content (AvgIpc) is 2.56. The first-order valence-corrected chi connectivity index (χ1v) is 7.56. The summed E-state index contributed by atoms with van der Waals surface area (Å²) in [6.07, 6.45) is 2.32. The van der Waals surface area contributed by atoms with E-state index >= 15 is 0 Å². The van der Waals surface area contributed by atoms with Crippen molar-refractivity contribution >= 4 is 11.4 Å². The van der Waals surface area contributed by atoms with Crippen LogP contribution in [0.5, 0.6) is 5.75 Å². The van der Waals surface area contributed by atoms with E-state index in [4.69, 9.17) is 0 Å². The number of rotatable bonds is 3. The van der Waals surface area contributed by atoms with Crippen LogP contribution in [0.2, 0.25) is 0 Å². The number of para-hydroxylation sites is 1. The fraction of sp³-hybridized carbons (Fsp3) is 0.333. The minimum atomic E-state index is 0.331. The number of nitrogens with zero attached hydrogens (tertiary/aromatic N) is 2. The molecule has 1 saturated heterocycles. The number of anilines is 2. The molecule has 3 heteroatoms. The first-order chi connectivity index (χ1) is 10.2. The van der Waals surface area contributed by atoms with Crippen LogP contribution < -0.4 is 9.80 Å². The van der Waals surface area contributed by atoms with Gasteiger partial charge in [-0.1, -0.05) is 18.2 Å². The van der Waals surface area contributed by atoms with Crippen LogP contribution in [0.3, 0.4) is 0 Å². The molecule has 110 valence electrons. The Kier molecular flexibility index (Phi) is 4.00. The molecule has 1 aliphatic rings. The highest BCUT2D eigenvalue weighted by molar-refractivity contribution is 5.50. The molecular weight excluding hydrogens is 260 g/mol. The predicted octanol–water partition coefficient (Wildman–Crippen LogP) is 3.50. The lowest BCUT2D eigenvalue weighted by Crippen LogP contribution is -2.43. The molecule has 0 atom stereocenters. The lowest BCUT2D eigenvalue weighted by Gasteiger charge is -2.38. The maximum atomic E-state index is 9.37. The molecule has 3 nitrogen and oxygen atoms in total. The molecule has 0 aliphatic carbocycles. The Balaban J connectivity index is 1.61. The van der Waals surface area contributed by atoms with Crippen LogP contribution in [0, 0.1) is 0 Å². The summed E-state index contributed by atoms with van der Waals surface area (Å²) in [6, 6.07) is 18.7. The summed E-state index contributed by atoms with van der Waals surface area (Å²) in [6.45, 7) is 2.12. The van der Waals surface area contributed by atoms with Crippen molar-refractivity contribution in [2.75, 3.05) is 29.9 Å². The third-order valence-electron chi connectivity index (χ3n) is 4.39. The minimum absolute atomic E-state index is 0.331. The van der Waals surface area contributed by atoms with Gasteiger partial charge in [-0.3, -0.25) is 0 Å². The van der Waals surface area contributed by atoms with Gasteiger partial charge in [-0.15, -0.1) is 0 Å². The summed E-state index contributed by atoms with van der Waals surface area (Å²) in [5.74, 6) is 0.331. The van der Waals surface area contributed by atoms with Gasteiger partial charge in [0.05, 0.1) is 0 Å². The first kappa shape index (κ1) is 13.8. The highest BCUT2D eigenvalue weighted by atomic mass is 16.3. The van der Waals surface area contributed by atoms with Crippen molar-refractivity contribution in [3.63, 3.8) is 0 Å². The summed E-state index contributed by atoms with van der Waals surface area (Å²) in [7, 11) is 2.19. The zero-order chi connectivity index (χ0) is 14.7. The van der Waals surface area contributed by atoms with Gasteiger partial charge in [-0.05, 0) is 49.2 Å². The highest BCUT2D eigenvalue weighted by Gasteiger charge is 2.22. The summed E-state index contributed by atoms with van der Waals surface area (Å²) in [4.78, 5) is 4.79. The molecule has 0 radical (unpaired) electrons. The second-order valence-electron chi connectivity index (χ2n) is 5.68. The molecule has 0 saturated carbocycles. The third kappa shape index (κ3) is 3.13. The van der Waals surface area contributed by atoms with E-state index < -0.39 is 0 Å². The Morgan fingerprint density at radius 1 is 0.952 bits per heavy atom. The van der Waals surface area contributed by atoms with E-state index in [2.05, 4.69) is 47.2 Å². The maximum Gasteiger partial charge on any atom is 0.115 e. The van der Waals surface area contributed by atoms with Crippen LogP contribution in [0.25, 0.3) is 0 Å². The van der Waals surface area contributed by atoms with Gasteiger partial charge in [0.2, 0.25) is 0 Å². The van der Waals surface area contributed by atoms with E-state index in [-0.39, 0.29) is 0 Å². The maximum absolute atomic E-state index is 9.37. The average molecular weight is 282 g/mol. The van der Waals surface area contributed by atoms with Crippen molar-refractivity contribution in [1.82, 2.24) is 0 Å². The van der Waals surface area contributed by atoms with Crippen LogP contribution in [-0.4, -0.2) is 31.3 Å². The number of hydrogen-bond donors (Lipinski definition) is 1. The largest absolute Gasteiger partial charge is 0.508 e. The second kappa shape index (κ2) is 6.08. The first-order valence-electron chi connectivity index (χ1n) is 7.56. The second-order valence-corrected chi connectivity index (χ2v) is 5.68. The van der Waals surface area contributed by atoms with Gasteiger partial charge in [0.1, 0.15) is 5.75 Å². The lowest BCUT2D eigenvalue weighted by molar-refractivity contribution is 0.473. The highest BCUT2D eigenvalue weighted by Crippen LogP contribution is 2.26. The summed E-state index contributed by atoms with van der Waals surface area (Å²) >= 11 is 0.